The van der Waals surface area contributed by atoms with E-state index in [0.29, 0.717) is 23.6 Å². The lowest BCUT2D eigenvalue weighted by molar-refractivity contribution is 0.312. The van der Waals surface area contributed by atoms with Crippen LogP contribution in [0.15, 0.2) is 18.5 Å². The van der Waals surface area contributed by atoms with Gasteiger partial charge in [0.1, 0.15) is 6.07 Å². The normalized spacial score (nSPS) is 9.83. The molecule has 0 N–H and O–H groups in total. The molecule has 0 saturated heterocycles. The first kappa shape index (κ1) is 12.2. The molecule has 0 aliphatic carbocycles. The molecule has 2 aromatic heterocycles. The van der Waals surface area contributed by atoms with Crippen LogP contribution in [-0.2, 0) is 0 Å². The Kier molecular flexibility index (Phi) is 3.65. The van der Waals surface area contributed by atoms with E-state index in [0.717, 1.165) is 0 Å². The van der Waals surface area contributed by atoms with Crippen molar-refractivity contribution in [2.45, 2.75) is 6.92 Å². The molecule has 0 aliphatic heterocycles. The molecule has 0 amide bonds. The first-order valence-corrected chi connectivity index (χ1v) is 5.50. The smallest absolute Gasteiger partial charge is 0.321 e. The van der Waals surface area contributed by atoms with E-state index in [9.17, 15) is 0 Å². The molecule has 0 fully saturated rings. The Morgan fingerprint density at radius 1 is 1.33 bits per heavy atom. The van der Waals surface area contributed by atoms with E-state index < -0.39 is 0 Å². The van der Waals surface area contributed by atoms with Gasteiger partial charge in [-0.1, -0.05) is 0 Å². The Morgan fingerprint density at radius 3 is 2.89 bits per heavy atom. The molecular formula is C11H8ClN5O. The van der Waals surface area contributed by atoms with Crippen molar-refractivity contribution in [1.82, 2.24) is 19.9 Å². The molecule has 2 heterocycles. The summed E-state index contributed by atoms with van der Waals surface area (Å²) < 4.78 is 5.17. The Morgan fingerprint density at radius 2 is 2.17 bits per heavy atom. The highest BCUT2D eigenvalue weighted by Gasteiger charge is 2.09. The van der Waals surface area contributed by atoms with E-state index in [-0.39, 0.29) is 11.3 Å². The van der Waals surface area contributed by atoms with Gasteiger partial charge in [-0.25, -0.2) is 0 Å². The Balaban J connectivity index is 2.46. The molecule has 0 bridgehead atoms. The van der Waals surface area contributed by atoms with Gasteiger partial charge in [0.05, 0.1) is 12.2 Å². The number of nitriles is 1. The number of hydrogen-bond acceptors (Lipinski definition) is 6. The molecule has 0 atom stereocenters. The Hall–Kier alpha value is -2.26. The molecule has 18 heavy (non-hydrogen) atoms. The van der Waals surface area contributed by atoms with Gasteiger partial charge in [-0.2, -0.15) is 20.2 Å². The average molecular weight is 262 g/mol. The summed E-state index contributed by atoms with van der Waals surface area (Å²) in [7, 11) is 0. The summed E-state index contributed by atoms with van der Waals surface area (Å²) in [6.07, 6.45) is 3.00. The number of nitrogens with zero attached hydrogens (tertiary/aromatic N) is 5. The third-order valence-electron chi connectivity index (χ3n) is 1.99. The first-order valence-electron chi connectivity index (χ1n) is 5.13. The molecule has 0 aromatic carbocycles. The largest absolute Gasteiger partial charge is 0.464 e. The highest BCUT2D eigenvalue weighted by atomic mass is 35.5. The predicted molar refractivity (Wildman–Crippen MR) is 64.0 cm³/mol. The lowest BCUT2D eigenvalue weighted by Gasteiger charge is -2.04. The summed E-state index contributed by atoms with van der Waals surface area (Å²) in [6, 6.07) is 3.76. The fraction of sp³-hybridized carbons (Fsp3) is 0.182. The fourth-order valence-corrected chi connectivity index (χ4v) is 1.43. The van der Waals surface area contributed by atoms with Crippen molar-refractivity contribution in [3.05, 3.63) is 29.3 Å². The predicted octanol–water partition coefficient (Wildman–Crippen LogP) is 1.86. The summed E-state index contributed by atoms with van der Waals surface area (Å²) in [4.78, 5) is 15.8. The fourth-order valence-electron chi connectivity index (χ4n) is 1.28. The maximum atomic E-state index is 8.81. The van der Waals surface area contributed by atoms with Crippen LogP contribution in [0.5, 0.6) is 6.01 Å². The van der Waals surface area contributed by atoms with Crippen LogP contribution < -0.4 is 4.74 Å². The standard InChI is InChI=1S/C11H8ClN5O/c1-2-18-11-16-9(15-10(12)17-11)8-3-7(4-13)5-14-6-8/h3,5-6H,2H2,1H3. The summed E-state index contributed by atoms with van der Waals surface area (Å²) in [5.41, 5.74) is 1.00. The SMILES string of the molecule is CCOc1nc(Cl)nc(-c2cncc(C#N)c2)n1. The van der Waals surface area contributed by atoms with Crippen LogP contribution in [0.1, 0.15) is 12.5 Å². The summed E-state index contributed by atoms with van der Waals surface area (Å²) in [6.45, 7) is 2.24. The maximum Gasteiger partial charge on any atom is 0.321 e. The Bertz CT molecular complexity index is 611. The monoisotopic (exact) mass is 261 g/mol. The lowest BCUT2D eigenvalue weighted by Crippen LogP contribution is -2.01. The van der Waals surface area contributed by atoms with Crippen LogP contribution >= 0.6 is 11.6 Å². The molecule has 2 aromatic rings. The molecule has 0 unspecified atom stereocenters. The van der Waals surface area contributed by atoms with Gasteiger partial charge in [0.25, 0.3) is 0 Å². The van der Waals surface area contributed by atoms with Crippen molar-refractivity contribution in [2.75, 3.05) is 6.61 Å². The second-order valence-corrected chi connectivity index (χ2v) is 3.56. The quantitative estimate of drug-likeness (QED) is 0.838. The zero-order chi connectivity index (χ0) is 13.0. The number of rotatable bonds is 3. The minimum absolute atomic E-state index is 0.0332. The third-order valence-corrected chi connectivity index (χ3v) is 2.16. The zero-order valence-electron chi connectivity index (χ0n) is 9.46. The van der Waals surface area contributed by atoms with Crippen LogP contribution in [0.25, 0.3) is 11.4 Å². The van der Waals surface area contributed by atoms with Crippen LogP contribution in [0.4, 0.5) is 0 Å². The molecule has 0 saturated carbocycles. The van der Waals surface area contributed by atoms with E-state index in [2.05, 4.69) is 19.9 Å². The van der Waals surface area contributed by atoms with Crippen molar-refractivity contribution in [3.63, 3.8) is 0 Å². The topological polar surface area (TPSA) is 84.6 Å². The average Bonchev–Trinajstić information content (AvgIpc) is 2.38. The molecular weight excluding hydrogens is 254 g/mol. The van der Waals surface area contributed by atoms with Gasteiger partial charge in [0, 0.05) is 18.0 Å². The molecule has 0 spiro atoms. The van der Waals surface area contributed by atoms with Gasteiger partial charge in [0.2, 0.25) is 5.28 Å². The van der Waals surface area contributed by atoms with Crippen LogP contribution in [0.3, 0.4) is 0 Å². The number of pyridine rings is 1. The maximum absolute atomic E-state index is 8.81. The lowest BCUT2D eigenvalue weighted by atomic mass is 10.2. The van der Waals surface area contributed by atoms with E-state index in [1.807, 2.05) is 13.0 Å². The van der Waals surface area contributed by atoms with Gasteiger partial charge in [-0.05, 0) is 24.6 Å². The second kappa shape index (κ2) is 5.38. The molecule has 0 radical (unpaired) electrons. The molecule has 2 rings (SSSR count). The van der Waals surface area contributed by atoms with Crippen LogP contribution in [-0.4, -0.2) is 26.5 Å². The molecule has 6 nitrogen and oxygen atoms in total. The van der Waals surface area contributed by atoms with E-state index in [1.165, 1.54) is 6.20 Å². The van der Waals surface area contributed by atoms with E-state index in [4.69, 9.17) is 21.6 Å². The zero-order valence-corrected chi connectivity index (χ0v) is 10.2. The van der Waals surface area contributed by atoms with E-state index in [1.54, 1.807) is 12.3 Å². The molecule has 90 valence electrons. The summed E-state index contributed by atoms with van der Waals surface area (Å²) in [5.74, 6) is 0.322. The van der Waals surface area contributed by atoms with Crippen molar-refractivity contribution >= 4 is 11.6 Å². The molecule has 7 heteroatoms. The number of halogens is 1. The van der Waals surface area contributed by atoms with Gasteiger partial charge < -0.3 is 4.74 Å². The highest BCUT2D eigenvalue weighted by Crippen LogP contribution is 2.18. The van der Waals surface area contributed by atoms with Gasteiger partial charge in [-0.3, -0.25) is 4.98 Å². The third kappa shape index (κ3) is 2.70. The minimum Gasteiger partial charge on any atom is -0.464 e. The summed E-state index contributed by atoms with van der Waals surface area (Å²) >= 11 is 5.78. The number of hydrogen-bond donors (Lipinski definition) is 0. The molecule has 0 aliphatic rings. The van der Waals surface area contributed by atoms with Crippen LogP contribution in [0, 0.1) is 11.3 Å². The van der Waals surface area contributed by atoms with E-state index >= 15 is 0 Å². The van der Waals surface area contributed by atoms with Crippen molar-refractivity contribution in [3.8, 4) is 23.5 Å². The number of ether oxygens (including phenoxy) is 1. The highest BCUT2D eigenvalue weighted by molar-refractivity contribution is 6.28. The van der Waals surface area contributed by atoms with Crippen molar-refractivity contribution < 1.29 is 4.74 Å². The summed E-state index contributed by atoms with van der Waals surface area (Å²) in [5, 5.41) is 8.84. The minimum atomic E-state index is 0.0332. The van der Waals surface area contributed by atoms with Gasteiger partial charge >= 0.3 is 6.01 Å². The first-order chi connectivity index (χ1) is 8.72. The van der Waals surface area contributed by atoms with Gasteiger partial charge in [-0.15, -0.1) is 0 Å². The van der Waals surface area contributed by atoms with Gasteiger partial charge in [0.15, 0.2) is 5.82 Å². The van der Waals surface area contributed by atoms with Crippen LogP contribution in [0.2, 0.25) is 5.28 Å². The number of aromatic nitrogens is 4. The van der Waals surface area contributed by atoms with Crippen molar-refractivity contribution in [2.24, 2.45) is 0 Å². The second-order valence-electron chi connectivity index (χ2n) is 3.22. The Labute approximate surface area is 108 Å². The van der Waals surface area contributed by atoms with Crippen molar-refractivity contribution in [1.29, 1.82) is 5.26 Å².